The first-order valence-corrected chi connectivity index (χ1v) is 3.98. The van der Waals surface area contributed by atoms with Crippen LogP contribution in [0.2, 0.25) is 0 Å². The molecule has 1 N–H and O–H groups in total. The lowest BCUT2D eigenvalue weighted by Gasteiger charge is -1.98. The number of pyridine rings is 1. The van der Waals surface area contributed by atoms with Crippen LogP contribution in [0.15, 0.2) is 29.1 Å². The molecule has 0 saturated heterocycles. The van der Waals surface area contributed by atoms with Crippen molar-refractivity contribution in [3.05, 3.63) is 46.0 Å². The Morgan fingerprint density at radius 1 is 1.29 bits per heavy atom. The van der Waals surface area contributed by atoms with Gasteiger partial charge in [0.1, 0.15) is 5.82 Å². The van der Waals surface area contributed by atoms with Crippen molar-refractivity contribution in [2.75, 3.05) is 0 Å². The summed E-state index contributed by atoms with van der Waals surface area (Å²) in [4.78, 5) is 24.5. The molecular formula is C10H6FNO2. The monoisotopic (exact) mass is 191 g/mol. The van der Waals surface area contributed by atoms with Gasteiger partial charge in [0.2, 0.25) is 0 Å². The van der Waals surface area contributed by atoms with Crippen LogP contribution in [0, 0.1) is 5.82 Å². The number of aromatic nitrogens is 1. The maximum absolute atomic E-state index is 12.8. The Morgan fingerprint density at radius 2 is 2.07 bits per heavy atom. The molecule has 70 valence electrons. The summed E-state index contributed by atoms with van der Waals surface area (Å²) in [6, 6.07) is 4.95. The molecule has 0 amide bonds. The summed E-state index contributed by atoms with van der Waals surface area (Å²) < 4.78 is 12.8. The first kappa shape index (κ1) is 8.62. The van der Waals surface area contributed by atoms with E-state index in [1.165, 1.54) is 12.1 Å². The Balaban J connectivity index is 2.90. The smallest absolute Gasteiger partial charge is 0.190 e. The number of rotatable bonds is 1. The van der Waals surface area contributed by atoms with Crippen LogP contribution in [0.5, 0.6) is 0 Å². The van der Waals surface area contributed by atoms with E-state index >= 15 is 0 Å². The Labute approximate surface area is 78.2 Å². The summed E-state index contributed by atoms with van der Waals surface area (Å²) in [5.74, 6) is -0.471. The van der Waals surface area contributed by atoms with Crippen molar-refractivity contribution in [1.29, 1.82) is 0 Å². The number of nitrogens with one attached hydrogen (secondary N) is 1. The van der Waals surface area contributed by atoms with E-state index in [9.17, 15) is 14.0 Å². The molecule has 0 aliphatic rings. The van der Waals surface area contributed by atoms with E-state index in [0.717, 1.165) is 12.1 Å². The van der Waals surface area contributed by atoms with Gasteiger partial charge in [-0.05, 0) is 18.2 Å². The zero-order chi connectivity index (χ0) is 10.1. The molecular weight excluding hydrogens is 185 g/mol. The quantitative estimate of drug-likeness (QED) is 0.694. The fraction of sp³-hybridized carbons (Fsp3) is 0. The van der Waals surface area contributed by atoms with Crippen LogP contribution in [0.25, 0.3) is 10.9 Å². The number of benzene rings is 1. The fourth-order valence-corrected chi connectivity index (χ4v) is 1.30. The molecule has 2 rings (SSSR count). The lowest BCUT2D eigenvalue weighted by atomic mass is 10.2. The van der Waals surface area contributed by atoms with Crippen molar-refractivity contribution in [3.8, 4) is 0 Å². The number of H-pyrrole nitrogens is 1. The van der Waals surface area contributed by atoms with Gasteiger partial charge in [-0.15, -0.1) is 0 Å². The van der Waals surface area contributed by atoms with Crippen LogP contribution in [-0.2, 0) is 0 Å². The minimum atomic E-state index is -0.471. The van der Waals surface area contributed by atoms with Gasteiger partial charge >= 0.3 is 0 Å². The molecule has 0 atom stereocenters. The number of hydrogen-bond acceptors (Lipinski definition) is 2. The van der Waals surface area contributed by atoms with Gasteiger partial charge in [0, 0.05) is 17.0 Å². The summed E-state index contributed by atoms with van der Waals surface area (Å²) >= 11 is 0. The first-order valence-electron chi connectivity index (χ1n) is 3.98. The molecule has 0 saturated carbocycles. The van der Waals surface area contributed by atoms with E-state index in [4.69, 9.17) is 0 Å². The molecule has 0 bridgehead atoms. The van der Waals surface area contributed by atoms with Crippen LogP contribution in [0.3, 0.4) is 0 Å². The minimum absolute atomic E-state index is 0.189. The molecule has 4 heteroatoms. The number of hydrogen-bond donors (Lipinski definition) is 1. The molecule has 3 nitrogen and oxygen atoms in total. The maximum atomic E-state index is 12.8. The second kappa shape index (κ2) is 3.06. The Morgan fingerprint density at radius 3 is 2.79 bits per heavy atom. The van der Waals surface area contributed by atoms with Crippen molar-refractivity contribution in [2.45, 2.75) is 0 Å². The van der Waals surface area contributed by atoms with Gasteiger partial charge in [-0.25, -0.2) is 4.39 Å². The molecule has 0 aliphatic carbocycles. The molecule has 14 heavy (non-hydrogen) atoms. The highest BCUT2D eigenvalue weighted by atomic mass is 19.1. The first-order chi connectivity index (χ1) is 6.70. The van der Waals surface area contributed by atoms with E-state index in [2.05, 4.69) is 4.98 Å². The standard InChI is InChI=1S/C10H6FNO2/c11-6-1-2-9-8(3-6)10(14)4-7(5-13)12-9/h1-5H,(H,12,14). The molecule has 0 spiro atoms. The summed E-state index contributed by atoms with van der Waals surface area (Å²) in [5.41, 5.74) is 0.287. The average Bonchev–Trinajstić information content (AvgIpc) is 2.19. The van der Waals surface area contributed by atoms with Crippen LogP contribution < -0.4 is 5.43 Å². The molecule has 1 heterocycles. The van der Waals surface area contributed by atoms with E-state index in [1.54, 1.807) is 0 Å². The largest absolute Gasteiger partial charge is 0.352 e. The molecule has 2 aromatic rings. The van der Waals surface area contributed by atoms with E-state index < -0.39 is 5.82 Å². The normalized spacial score (nSPS) is 10.4. The summed E-state index contributed by atoms with van der Waals surface area (Å²) in [5, 5.41) is 0.246. The molecule has 0 unspecified atom stereocenters. The second-order valence-electron chi connectivity index (χ2n) is 2.90. The van der Waals surface area contributed by atoms with Crippen molar-refractivity contribution in [3.63, 3.8) is 0 Å². The third-order valence-electron chi connectivity index (χ3n) is 1.94. The Hall–Kier alpha value is -1.97. The molecule has 0 radical (unpaired) electrons. The van der Waals surface area contributed by atoms with Gasteiger partial charge in [-0.1, -0.05) is 0 Å². The predicted molar refractivity (Wildman–Crippen MR) is 49.9 cm³/mol. The highest BCUT2D eigenvalue weighted by Crippen LogP contribution is 2.09. The van der Waals surface area contributed by atoms with Gasteiger partial charge < -0.3 is 4.98 Å². The van der Waals surface area contributed by atoms with E-state index in [0.29, 0.717) is 11.8 Å². The summed E-state index contributed by atoms with van der Waals surface area (Å²) in [6.45, 7) is 0. The Bertz CT molecular complexity index is 560. The minimum Gasteiger partial charge on any atom is -0.352 e. The third-order valence-corrected chi connectivity index (χ3v) is 1.94. The van der Waals surface area contributed by atoms with Crippen LogP contribution in [0.1, 0.15) is 10.5 Å². The lowest BCUT2D eigenvalue weighted by Crippen LogP contribution is -2.04. The van der Waals surface area contributed by atoms with Crippen molar-refractivity contribution in [2.24, 2.45) is 0 Å². The van der Waals surface area contributed by atoms with Gasteiger partial charge in [0.05, 0.1) is 5.69 Å². The number of carbonyl (C=O) groups is 1. The van der Waals surface area contributed by atoms with Gasteiger partial charge in [-0.2, -0.15) is 0 Å². The molecule has 0 fully saturated rings. The fourth-order valence-electron chi connectivity index (χ4n) is 1.30. The lowest BCUT2D eigenvalue weighted by molar-refractivity contribution is 0.111. The number of fused-ring (bicyclic) bond motifs is 1. The second-order valence-corrected chi connectivity index (χ2v) is 2.90. The van der Waals surface area contributed by atoms with E-state index in [-0.39, 0.29) is 16.5 Å². The molecule has 1 aromatic carbocycles. The highest BCUT2D eigenvalue weighted by Gasteiger charge is 2.02. The van der Waals surface area contributed by atoms with E-state index in [1.807, 2.05) is 0 Å². The van der Waals surface area contributed by atoms with Gasteiger partial charge in [0.25, 0.3) is 0 Å². The van der Waals surface area contributed by atoms with Crippen molar-refractivity contribution < 1.29 is 9.18 Å². The van der Waals surface area contributed by atoms with Crippen molar-refractivity contribution >= 4 is 17.2 Å². The van der Waals surface area contributed by atoms with Gasteiger partial charge in [0.15, 0.2) is 11.7 Å². The summed E-state index contributed by atoms with van der Waals surface area (Å²) in [6.07, 6.45) is 0.546. The number of aldehydes is 1. The number of aromatic amines is 1. The third kappa shape index (κ3) is 1.31. The number of carbonyl (C=O) groups excluding carboxylic acids is 1. The zero-order valence-electron chi connectivity index (χ0n) is 7.08. The molecule has 0 aliphatic heterocycles. The maximum Gasteiger partial charge on any atom is 0.190 e. The van der Waals surface area contributed by atoms with Crippen LogP contribution >= 0.6 is 0 Å². The van der Waals surface area contributed by atoms with Crippen LogP contribution in [0.4, 0.5) is 4.39 Å². The van der Waals surface area contributed by atoms with Crippen LogP contribution in [-0.4, -0.2) is 11.3 Å². The highest BCUT2D eigenvalue weighted by molar-refractivity contribution is 5.83. The zero-order valence-corrected chi connectivity index (χ0v) is 7.08. The summed E-state index contributed by atoms with van der Waals surface area (Å²) in [7, 11) is 0. The van der Waals surface area contributed by atoms with Gasteiger partial charge in [-0.3, -0.25) is 9.59 Å². The molecule has 1 aromatic heterocycles. The topological polar surface area (TPSA) is 49.9 Å². The Kier molecular flexibility index (Phi) is 1.89. The predicted octanol–water partition coefficient (Wildman–Crippen LogP) is 1.48. The average molecular weight is 191 g/mol. The van der Waals surface area contributed by atoms with Crippen molar-refractivity contribution in [1.82, 2.24) is 4.98 Å². The number of halogens is 1. The SMILES string of the molecule is O=Cc1cc(=O)c2cc(F)ccc2[nH]1.